The number of aromatic nitrogens is 2. The number of anilines is 2. The number of nitrogens with one attached hydrogen (secondary N) is 1. The molecule has 0 bridgehead atoms. The van der Waals surface area contributed by atoms with Crippen molar-refractivity contribution in [3.05, 3.63) is 10.7 Å². The van der Waals surface area contributed by atoms with Gasteiger partial charge in [0.2, 0.25) is 5.95 Å². The molecule has 0 aliphatic heterocycles. The Morgan fingerprint density at radius 2 is 2.12 bits per heavy atom. The number of nitrogens with two attached hydrogens (primary N) is 1. The van der Waals surface area contributed by atoms with E-state index in [0.717, 1.165) is 10.3 Å². The van der Waals surface area contributed by atoms with Crippen molar-refractivity contribution in [2.45, 2.75) is 38.1 Å². The third kappa shape index (κ3) is 2.87. The Bertz CT molecular complexity index is 378. The summed E-state index contributed by atoms with van der Waals surface area (Å²) in [6.07, 6.45) is 8.16. The molecule has 0 saturated heterocycles. The molecule has 6 heteroatoms. The molecule has 1 fully saturated rings. The van der Waals surface area contributed by atoms with E-state index in [0.29, 0.717) is 12.0 Å². The highest BCUT2D eigenvalue weighted by molar-refractivity contribution is 9.10. The third-order valence-electron chi connectivity index (χ3n) is 3.31. The molecule has 2 rings (SSSR count). The number of hydrogen-bond donors (Lipinski definition) is 2. The van der Waals surface area contributed by atoms with Gasteiger partial charge in [0.05, 0.1) is 4.47 Å². The molecule has 1 saturated carbocycles. The Labute approximate surface area is 110 Å². The Morgan fingerprint density at radius 3 is 2.76 bits per heavy atom. The maximum atomic E-state index is 5.34. The Balaban J connectivity index is 2.19. The molecule has 1 aromatic heterocycles. The van der Waals surface area contributed by atoms with Crippen LogP contribution in [0.3, 0.4) is 0 Å². The Kier molecular flexibility index (Phi) is 4.17. The van der Waals surface area contributed by atoms with Crippen LogP contribution < -0.4 is 16.2 Å². The zero-order valence-electron chi connectivity index (χ0n) is 9.99. The van der Waals surface area contributed by atoms with Crippen LogP contribution in [-0.2, 0) is 0 Å². The van der Waals surface area contributed by atoms with E-state index in [9.17, 15) is 0 Å². The summed E-state index contributed by atoms with van der Waals surface area (Å²) in [5, 5.41) is 0. The van der Waals surface area contributed by atoms with Crippen molar-refractivity contribution in [1.29, 1.82) is 0 Å². The molecule has 1 aliphatic rings. The molecule has 0 amide bonds. The topological polar surface area (TPSA) is 67.1 Å². The second kappa shape index (κ2) is 5.64. The molecule has 94 valence electrons. The molecule has 17 heavy (non-hydrogen) atoms. The molecule has 0 aromatic carbocycles. The Hall–Kier alpha value is -0.880. The summed E-state index contributed by atoms with van der Waals surface area (Å²) in [4.78, 5) is 10.7. The van der Waals surface area contributed by atoms with E-state index < -0.39 is 0 Å². The lowest BCUT2D eigenvalue weighted by Crippen LogP contribution is -2.34. The fraction of sp³-hybridized carbons (Fsp3) is 0.636. The van der Waals surface area contributed by atoms with Gasteiger partial charge in [0.15, 0.2) is 0 Å². The SMILES string of the molecule is CN(c1nc(NN)ncc1Br)C1CCCCC1. The quantitative estimate of drug-likeness (QED) is 0.662. The predicted octanol–water partition coefficient (Wildman–Crippen LogP) is 2.29. The molecule has 1 heterocycles. The predicted molar refractivity (Wildman–Crippen MR) is 72.8 cm³/mol. The molecule has 3 N–H and O–H groups in total. The van der Waals surface area contributed by atoms with Crippen LogP contribution >= 0.6 is 15.9 Å². The van der Waals surface area contributed by atoms with E-state index in [2.05, 4.69) is 43.3 Å². The first kappa shape index (κ1) is 12.6. The third-order valence-corrected chi connectivity index (χ3v) is 3.87. The minimum absolute atomic E-state index is 0.450. The second-order valence-electron chi connectivity index (χ2n) is 4.41. The van der Waals surface area contributed by atoms with Gasteiger partial charge in [-0.3, -0.25) is 5.43 Å². The van der Waals surface area contributed by atoms with Crippen LogP contribution in [0.4, 0.5) is 11.8 Å². The monoisotopic (exact) mass is 299 g/mol. The summed E-state index contributed by atoms with van der Waals surface area (Å²) in [5.41, 5.74) is 2.48. The molecule has 0 radical (unpaired) electrons. The van der Waals surface area contributed by atoms with Gasteiger partial charge in [-0.2, -0.15) is 4.98 Å². The lowest BCUT2D eigenvalue weighted by molar-refractivity contribution is 0.425. The summed E-state index contributed by atoms with van der Waals surface area (Å²) >= 11 is 3.49. The van der Waals surface area contributed by atoms with E-state index in [4.69, 9.17) is 5.84 Å². The second-order valence-corrected chi connectivity index (χ2v) is 5.27. The highest BCUT2D eigenvalue weighted by Crippen LogP contribution is 2.29. The van der Waals surface area contributed by atoms with Crippen molar-refractivity contribution < 1.29 is 0 Å². The molecule has 0 unspecified atom stereocenters. The average molecular weight is 300 g/mol. The number of nitrogen functional groups attached to an aromatic ring is 1. The van der Waals surface area contributed by atoms with Crippen LogP contribution in [0.5, 0.6) is 0 Å². The minimum atomic E-state index is 0.450. The highest BCUT2D eigenvalue weighted by atomic mass is 79.9. The smallest absolute Gasteiger partial charge is 0.239 e. The average Bonchev–Trinajstić information content (AvgIpc) is 2.39. The summed E-state index contributed by atoms with van der Waals surface area (Å²) in [6.45, 7) is 0. The number of nitrogens with zero attached hydrogens (tertiary/aromatic N) is 3. The molecular weight excluding hydrogens is 282 g/mol. The maximum absolute atomic E-state index is 5.34. The summed E-state index contributed by atoms with van der Waals surface area (Å²) in [6, 6.07) is 0.570. The van der Waals surface area contributed by atoms with Crippen LogP contribution in [-0.4, -0.2) is 23.1 Å². The normalized spacial score (nSPS) is 16.9. The number of hydrogen-bond acceptors (Lipinski definition) is 5. The largest absolute Gasteiger partial charge is 0.356 e. The number of halogens is 1. The number of rotatable bonds is 3. The molecular formula is C11H18BrN5. The summed E-state index contributed by atoms with van der Waals surface area (Å²) in [5.74, 6) is 6.69. The fourth-order valence-electron chi connectivity index (χ4n) is 2.32. The molecule has 0 atom stereocenters. The standard InChI is InChI=1S/C11H18BrN5/c1-17(8-5-3-2-4-6-8)10-9(12)7-14-11(15-10)16-13/h7-8H,2-6,13H2,1H3,(H,14,15,16). The van der Waals surface area contributed by atoms with Crippen molar-refractivity contribution in [2.75, 3.05) is 17.4 Å². The van der Waals surface area contributed by atoms with Gasteiger partial charge in [-0.1, -0.05) is 19.3 Å². The van der Waals surface area contributed by atoms with Crippen molar-refractivity contribution in [3.8, 4) is 0 Å². The highest BCUT2D eigenvalue weighted by Gasteiger charge is 2.21. The lowest BCUT2D eigenvalue weighted by Gasteiger charge is -2.32. The van der Waals surface area contributed by atoms with E-state index in [-0.39, 0.29) is 0 Å². The first-order chi connectivity index (χ1) is 8.22. The van der Waals surface area contributed by atoms with Gasteiger partial charge < -0.3 is 4.90 Å². The minimum Gasteiger partial charge on any atom is -0.356 e. The van der Waals surface area contributed by atoms with Crippen molar-refractivity contribution in [2.24, 2.45) is 5.84 Å². The zero-order chi connectivity index (χ0) is 12.3. The van der Waals surface area contributed by atoms with E-state index in [1.807, 2.05) is 0 Å². The van der Waals surface area contributed by atoms with Gasteiger partial charge in [-0.05, 0) is 28.8 Å². The zero-order valence-corrected chi connectivity index (χ0v) is 11.6. The van der Waals surface area contributed by atoms with Crippen molar-refractivity contribution in [3.63, 3.8) is 0 Å². The van der Waals surface area contributed by atoms with Gasteiger partial charge in [-0.15, -0.1) is 0 Å². The van der Waals surface area contributed by atoms with Gasteiger partial charge >= 0.3 is 0 Å². The Morgan fingerprint density at radius 1 is 1.41 bits per heavy atom. The summed E-state index contributed by atoms with van der Waals surface area (Å²) in [7, 11) is 2.09. The van der Waals surface area contributed by atoms with Crippen molar-refractivity contribution in [1.82, 2.24) is 9.97 Å². The molecule has 0 spiro atoms. The molecule has 1 aromatic rings. The van der Waals surface area contributed by atoms with Gasteiger partial charge in [0, 0.05) is 19.3 Å². The van der Waals surface area contributed by atoms with Crippen LogP contribution in [0.1, 0.15) is 32.1 Å². The number of hydrazine groups is 1. The summed E-state index contributed by atoms with van der Waals surface area (Å²) < 4.78 is 0.907. The maximum Gasteiger partial charge on any atom is 0.239 e. The fourth-order valence-corrected chi connectivity index (χ4v) is 2.79. The van der Waals surface area contributed by atoms with Gasteiger partial charge in [-0.25, -0.2) is 10.8 Å². The van der Waals surface area contributed by atoms with Gasteiger partial charge in [0.1, 0.15) is 5.82 Å². The van der Waals surface area contributed by atoms with E-state index in [1.54, 1.807) is 6.20 Å². The van der Waals surface area contributed by atoms with E-state index in [1.165, 1.54) is 32.1 Å². The molecule has 1 aliphatic carbocycles. The van der Waals surface area contributed by atoms with Crippen LogP contribution in [0.25, 0.3) is 0 Å². The van der Waals surface area contributed by atoms with Gasteiger partial charge in [0.25, 0.3) is 0 Å². The lowest BCUT2D eigenvalue weighted by atomic mass is 9.94. The first-order valence-corrected chi connectivity index (χ1v) is 6.73. The van der Waals surface area contributed by atoms with Crippen LogP contribution in [0.2, 0.25) is 0 Å². The first-order valence-electron chi connectivity index (χ1n) is 5.94. The molecule has 5 nitrogen and oxygen atoms in total. The van der Waals surface area contributed by atoms with Crippen LogP contribution in [0, 0.1) is 0 Å². The van der Waals surface area contributed by atoms with Crippen molar-refractivity contribution >= 4 is 27.7 Å². The van der Waals surface area contributed by atoms with Crippen LogP contribution in [0.15, 0.2) is 10.7 Å². The van der Waals surface area contributed by atoms with E-state index >= 15 is 0 Å².